The van der Waals surface area contributed by atoms with E-state index in [4.69, 9.17) is 4.43 Å². The van der Waals surface area contributed by atoms with Crippen LogP contribution in [0.1, 0.15) is 26.5 Å². The molecule has 116 valence electrons. The Bertz CT molecular complexity index is 682. The van der Waals surface area contributed by atoms with E-state index in [1.54, 1.807) is 6.20 Å². The standard InChI is InChI=1S/C14H19BrFIN2OSi/c1-14(2,3)21(4,5)20-8-10-12(17)18-13-11(15)9(16)6-7-19(10)13/h6-7H,8H2,1-5H3. The highest BCUT2D eigenvalue weighted by Crippen LogP contribution is 2.37. The van der Waals surface area contributed by atoms with Crippen LogP contribution in [0, 0.1) is 9.52 Å². The van der Waals surface area contributed by atoms with E-state index in [1.807, 2.05) is 4.40 Å². The molecule has 0 aliphatic rings. The summed E-state index contributed by atoms with van der Waals surface area (Å²) in [5.74, 6) is -0.305. The number of hydrogen-bond donors (Lipinski definition) is 0. The number of hydrogen-bond acceptors (Lipinski definition) is 2. The van der Waals surface area contributed by atoms with Crippen molar-refractivity contribution in [3.63, 3.8) is 0 Å². The molecule has 0 bridgehead atoms. The van der Waals surface area contributed by atoms with Gasteiger partial charge in [0.1, 0.15) is 9.52 Å². The van der Waals surface area contributed by atoms with Gasteiger partial charge < -0.3 is 4.43 Å². The van der Waals surface area contributed by atoms with Crippen molar-refractivity contribution in [2.45, 2.75) is 45.5 Å². The molecular formula is C14H19BrFIN2OSi. The van der Waals surface area contributed by atoms with E-state index in [2.05, 4.69) is 77.4 Å². The predicted molar refractivity (Wildman–Crippen MR) is 97.6 cm³/mol. The van der Waals surface area contributed by atoms with Gasteiger partial charge in [-0.25, -0.2) is 9.37 Å². The molecule has 7 heteroatoms. The maximum Gasteiger partial charge on any atom is 0.192 e. The first-order valence-corrected chi connectivity index (χ1v) is 11.5. The van der Waals surface area contributed by atoms with E-state index in [1.165, 1.54) is 6.07 Å². The van der Waals surface area contributed by atoms with E-state index < -0.39 is 8.32 Å². The first kappa shape index (κ1) is 17.4. The van der Waals surface area contributed by atoms with E-state index in [0.29, 0.717) is 16.7 Å². The highest BCUT2D eigenvalue weighted by molar-refractivity contribution is 14.1. The minimum absolute atomic E-state index is 0.158. The summed E-state index contributed by atoms with van der Waals surface area (Å²) in [6.45, 7) is 11.6. The lowest BCUT2D eigenvalue weighted by molar-refractivity contribution is 0.270. The van der Waals surface area contributed by atoms with Crippen molar-refractivity contribution >= 4 is 52.5 Å². The predicted octanol–water partition coefficient (Wildman–Crippen LogP) is 5.36. The van der Waals surface area contributed by atoms with E-state index in [9.17, 15) is 4.39 Å². The molecule has 21 heavy (non-hydrogen) atoms. The van der Waals surface area contributed by atoms with Gasteiger partial charge >= 0.3 is 0 Å². The lowest BCUT2D eigenvalue weighted by atomic mass is 10.2. The second-order valence-electron chi connectivity index (χ2n) is 6.57. The minimum atomic E-state index is -1.83. The zero-order valence-electron chi connectivity index (χ0n) is 12.8. The van der Waals surface area contributed by atoms with Gasteiger partial charge in [-0.2, -0.15) is 0 Å². The van der Waals surface area contributed by atoms with Crippen LogP contribution in [0.5, 0.6) is 0 Å². The molecule has 0 N–H and O–H groups in total. The Morgan fingerprint density at radius 1 is 1.43 bits per heavy atom. The zero-order chi connectivity index (χ0) is 16.0. The van der Waals surface area contributed by atoms with Gasteiger partial charge in [-0.1, -0.05) is 20.8 Å². The fourth-order valence-electron chi connectivity index (χ4n) is 1.67. The van der Waals surface area contributed by atoms with Gasteiger partial charge in [-0.3, -0.25) is 4.40 Å². The van der Waals surface area contributed by atoms with Crippen LogP contribution in [0.2, 0.25) is 18.1 Å². The van der Waals surface area contributed by atoms with Crippen molar-refractivity contribution in [2.75, 3.05) is 0 Å². The Labute approximate surface area is 147 Å². The molecule has 0 saturated heterocycles. The molecule has 0 saturated carbocycles. The number of imidazole rings is 1. The molecular weight excluding hydrogens is 466 g/mol. The van der Waals surface area contributed by atoms with Crippen LogP contribution in [0.3, 0.4) is 0 Å². The number of halogens is 3. The molecule has 0 aromatic carbocycles. The summed E-state index contributed by atoms with van der Waals surface area (Å²) in [5, 5.41) is 0.158. The zero-order valence-corrected chi connectivity index (χ0v) is 17.5. The summed E-state index contributed by atoms with van der Waals surface area (Å²) in [4.78, 5) is 4.43. The highest BCUT2D eigenvalue weighted by Gasteiger charge is 2.37. The second kappa shape index (κ2) is 5.90. The maximum atomic E-state index is 13.6. The Hall–Kier alpha value is 0.00688. The molecule has 2 aromatic rings. The van der Waals surface area contributed by atoms with Gasteiger partial charge in [0.15, 0.2) is 14.0 Å². The van der Waals surface area contributed by atoms with Gasteiger partial charge in [0, 0.05) is 6.20 Å². The van der Waals surface area contributed by atoms with Gasteiger partial charge in [-0.15, -0.1) is 0 Å². The Kier molecular flexibility index (Phi) is 4.88. The average Bonchev–Trinajstić information content (AvgIpc) is 2.67. The molecule has 2 heterocycles. The van der Waals surface area contributed by atoms with Crippen LogP contribution < -0.4 is 0 Å². The Balaban J connectivity index is 2.36. The van der Waals surface area contributed by atoms with Crippen LogP contribution in [0.15, 0.2) is 16.7 Å². The SMILES string of the molecule is CC(C)(C)[Si](C)(C)OCc1c(I)nc2c(Br)c(F)ccn12. The normalized spacial score (nSPS) is 13.1. The van der Waals surface area contributed by atoms with Crippen LogP contribution in [-0.2, 0) is 11.0 Å². The van der Waals surface area contributed by atoms with Crippen molar-refractivity contribution < 1.29 is 8.82 Å². The molecule has 0 unspecified atom stereocenters. The van der Waals surface area contributed by atoms with Crippen LogP contribution in [0.4, 0.5) is 4.39 Å². The lowest BCUT2D eigenvalue weighted by Crippen LogP contribution is -2.40. The fraction of sp³-hybridized carbons (Fsp3) is 0.500. The van der Waals surface area contributed by atoms with Gasteiger partial charge in [0.2, 0.25) is 0 Å². The summed E-state index contributed by atoms with van der Waals surface area (Å²) in [6.07, 6.45) is 1.70. The third-order valence-electron chi connectivity index (χ3n) is 4.11. The third kappa shape index (κ3) is 3.35. The largest absolute Gasteiger partial charge is 0.411 e. The van der Waals surface area contributed by atoms with E-state index in [-0.39, 0.29) is 10.9 Å². The second-order valence-corrected chi connectivity index (χ2v) is 13.2. The van der Waals surface area contributed by atoms with Crippen LogP contribution in [-0.4, -0.2) is 17.7 Å². The lowest BCUT2D eigenvalue weighted by Gasteiger charge is -2.36. The minimum Gasteiger partial charge on any atom is -0.411 e. The first-order chi connectivity index (χ1) is 9.54. The van der Waals surface area contributed by atoms with Gasteiger partial charge in [0.05, 0.1) is 16.8 Å². The molecule has 0 spiro atoms. The van der Waals surface area contributed by atoms with E-state index >= 15 is 0 Å². The smallest absolute Gasteiger partial charge is 0.192 e. The maximum absolute atomic E-state index is 13.6. The topological polar surface area (TPSA) is 26.5 Å². The number of nitrogens with zero attached hydrogens (tertiary/aromatic N) is 2. The van der Waals surface area contributed by atoms with Crippen molar-refractivity contribution in [2.24, 2.45) is 0 Å². The first-order valence-electron chi connectivity index (χ1n) is 6.69. The van der Waals surface area contributed by atoms with Crippen molar-refractivity contribution in [3.8, 4) is 0 Å². The average molecular weight is 485 g/mol. The number of aromatic nitrogens is 2. The van der Waals surface area contributed by atoms with Gasteiger partial charge in [0.25, 0.3) is 0 Å². The van der Waals surface area contributed by atoms with E-state index in [0.717, 1.165) is 9.39 Å². The molecule has 2 rings (SSSR count). The number of fused-ring (bicyclic) bond motifs is 1. The molecule has 0 atom stereocenters. The molecule has 0 radical (unpaired) electrons. The fourth-order valence-corrected chi connectivity index (χ4v) is 3.65. The van der Waals surface area contributed by atoms with Crippen molar-refractivity contribution in [3.05, 3.63) is 31.9 Å². The summed E-state index contributed by atoms with van der Waals surface area (Å²) >= 11 is 5.43. The summed E-state index contributed by atoms with van der Waals surface area (Å²) in [7, 11) is -1.83. The van der Waals surface area contributed by atoms with Crippen LogP contribution >= 0.6 is 38.5 Å². The number of pyridine rings is 1. The Morgan fingerprint density at radius 2 is 2.05 bits per heavy atom. The summed E-state index contributed by atoms with van der Waals surface area (Å²) < 4.78 is 23.0. The van der Waals surface area contributed by atoms with Gasteiger partial charge in [-0.05, 0) is 62.7 Å². The Morgan fingerprint density at radius 3 is 2.62 bits per heavy atom. The molecule has 0 fully saturated rings. The molecule has 3 nitrogen and oxygen atoms in total. The molecule has 0 aliphatic heterocycles. The molecule has 2 aromatic heterocycles. The quantitative estimate of drug-likeness (QED) is 0.433. The summed E-state index contributed by atoms with van der Waals surface area (Å²) in [6, 6.07) is 1.44. The van der Waals surface area contributed by atoms with Crippen molar-refractivity contribution in [1.29, 1.82) is 0 Å². The summed E-state index contributed by atoms with van der Waals surface area (Å²) in [5.41, 5.74) is 1.56. The van der Waals surface area contributed by atoms with Crippen LogP contribution in [0.25, 0.3) is 5.65 Å². The monoisotopic (exact) mass is 484 g/mol. The molecule has 0 aliphatic carbocycles. The highest BCUT2D eigenvalue weighted by atomic mass is 127. The molecule has 0 amide bonds. The number of rotatable bonds is 3. The third-order valence-corrected chi connectivity index (χ3v) is 10.2. The van der Waals surface area contributed by atoms with Crippen molar-refractivity contribution in [1.82, 2.24) is 9.38 Å².